The van der Waals surface area contributed by atoms with E-state index in [-0.39, 0.29) is 0 Å². The van der Waals surface area contributed by atoms with Gasteiger partial charge in [0.1, 0.15) is 0 Å². The molecular formula is C8H6NO. The molecule has 1 radical (unpaired) electrons. The van der Waals surface area contributed by atoms with Crippen molar-refractivity contribution in [1.82, 2.24) is 4.98 Å². The second-order valence-corrected chi connectivity index (χ2v) is 1.73. The van der Waals surface area contributed by atoms with Crippen molar-refractivity contribution in [1.29, 1.82) is 0 Å². The van der Waals surface area contributed by atoms with E-state index in [2.05, 4.69) is 4.98 Å². The Hall–Kier alpha value is -1.44. The molecule has 10 heavy (non-hydrogen) atoms. The predicted octanol–water partition coefficient (Wildman–Crippen LogP) is 1.20. The molecule has 0 unspecified atom stereocenters. The van der Waals surface area contributed by atoms with Crippen LogP contribution in [-0.2, 0) is 4.79 Å². The van der Waals surface area contributed by atoms with E-state index in [9.17, 15) is 4.79 Å². The van der Waals surface area contributed by atoms with Gasteiger partial charge in [0.2, 0.25) is 6.29 Å². The second kappa shape index (κ2) is 3.56. The number of pyridine rings is 1. The lowest BCUT2D eigenvalue weighted by molar-refractivity contribution is 0.564. The molecule has 0 spiro atoms. The molecule has 1 aromatic heterocycles. The largest absolute Gasteiger partial charge is 0.286 e. The predicted molar refractivity (Wildman–Crippen MR) is 39.0 cm³/mol. The van der Waals surface area contributed by atoms with E-state index in [1.165, 1.54) is 6.08 Å². The van der Waals surface area contributed by atoms with Crippen molar-refractivity contribution in [3.05, 3.63) is 36.2 Å². The molecule has 0 aliphatic heterocycles. The maximum absolute atomic E-state index is 9.75. The van der Waals surface area contributed by atoms with Crippen LogP contribution < -0.4 is 0 Å². The first-order chi connectivity index (χ1) is 4.93. The topological polar surface area (TPSA) is 30.0 Å². The van der Waals surface area contributed by atoms with Crippen LogP contribution in [0.3, 0.4) is 0 Å². The summed E-state index contributed by atoms with van der Waals surface area (Å²) in [6.07, 6.45) is 8.01. The van der Waals surface area contributed by atoms with Crippen molar-refractivity contribution in [2.24, 2.45) is 0 Å². The van der Waals surface area contributed by atoms with Gasteiger partial charge in [-0.25, -0.2) is 0 Å². The van der Waals surface area contributed by atoms with E-state index in [1.54, 1.807) is 24.8 Å². The van der Waals surface area contributed by atoms with E-state index in [0.717, 1.165) is 5.56 Å². The molecule has 0 aliphatic rings. The van der Waals surface area contributed by atoms with Gasteiger partial charge in [-0.1, -0.05) is 6.08 Å². The van der Waals surface area contributed by atoms with Crippen molar-refractivity contribution in [2.75, 3.05) is 0 Å². The molecule has 0 aromatic carbocycles. The molecule has 0 aliphatic carbocycles. The van der Waals surface area contributed by atoms with Crippen molar-refractivity contribution < 1.29 is 4.79 Å². The highest BCUT2D eigenvalue weighted by molar-refractivity contribution is 5.74. The summed E-state index contributed by atoms with van der Waals surface area (Å²) in [5.41, 5.74) is 0.957. The van der Waals surface area contributed by atoms with Crippen LogP contribution in [0.1, 0.15) is 5.56 Å². The van der Waals surface area contributed by atoms with Crippen LogP contribution in [0.5, 0.6) is 0 Å². The molecule has 2 heteroatoms. The van der Waals surface area contributed by atoms with Crippen molar-refractivity contribution in [3.8, 4) is 0 Å². The summed E-state index contributed by atoms with van der Waals surface area (Å²) in [6, 6.07) is 3.63. The van der Waals surface area contributed by atoms with E-state index in [1.807, 2.05) is 12.1 Å². The molecule has 1 heterocycles. The Labute approximate surface area is 59.2 Å². The summed E-state index contributed by atoms with van der Waals surface area (Å²) in [4.78, 5) is 13.6. The van der Waals surface area contributed by atoms with Gasteiger partial charge in [0, 0.05) is 12.4 Å². The first-order valence-corrected chi connectivity index (χ1v) is 2.88. The Morgan fingerprint density at radius 3 is 2.70 bits per heavy atom. The molecule has 0 N–H and O–H groups in total. The summed E-state index contributed by atoms with van der Waals surface area (Å²) in [5.74, 6) is 0. The number of hydrogen-bond donors (Lipinski definition) is 0. The Kier molecular flexibility index (Phi) is 2.38. The normalized spacial score (nSPS) is 10.0. The van der Waals surface area contributed by atoms with Gasteiger partial charge in [0.05, 0.1) is 0 Å². The fraction of sp³-hybridized carbons (Fsp3) is 0. The van der Waals surface area contributed by atoms with Gasteiger partial charge >= 0.3 is 0 Å². The highest BCUT2D eigenvalue weighted by Crippen LogP contribution is 1.96. The lowest BCUT2D eigenvalue weighted by Gasteiger charge is -1.86. The highest BCUT2D eigenvalue weighted by atomic mass is 16.1. The van der Waals surface area contributed by atoms with E-state index < -0.39 is 0 Å². The molecule has 0 amide bonds. The Morgan fingerprint density at radius 1 is 1.40 bits per heavy atom. The number of hydrogen-bond acceptors (Lipinski definition) is 2. The standard InChI is InChI=1S/C8H6NO/c10-7-1-2-8-3-5-9-6-4-8/h1-6H. The monoisotopic (exact) mass is 132 g/mol. The van der Waals surface area contributed by atoms with E-state index >= 15 is 0 Å². The molecule has 0 saturated carbocycles. The zero-order valence-corrected chi connectivity index (χ0v) is 5.32. The maximum atomic E-state index is 9.75. The number of allylic oxidation sites excluding steroid dienone is 1. The lowest BCUT2D eigenvalue weighted by Crippen LogP contribution is -1.71. The smallest absolute Gasteiger partial charge is 0.225 e. The average molecular weight is 132 g/mol. The Balaban J connectivity index is 2.76. The van der Waals surface area contributed by atoms with Crippen LogP contribution in [0, 0.1) is 0 Å². The molecular weight excluding hydrogens is 126 g/mol. The number of aromatic nitrogens is 1. The van der Waals surface area contributed by atoms with Gasteiger partial charge in [-0.05, 0) is 23.8 Å². The molecule has 0 saturated heterocycles. The quantitative estimate of drug-likeness (QED) is 0.566. The SMILES string of the molecule is O=[C]C=Cc1ccncc1. The third kappa shape index (κ3) is 1.82. The summed E-state index contributed by atoms with van der Waals surface area (Å²) in [6.45, 7) is 0. The molecule has 49 valence electrons. The minimum absolute atomic E-state index is 0.957. The van der Waals surface area contributed by atoms with Gasteiger partial charge < -0.3 is 0 Å². The average Bonchev–Trinajstić information content (AvgIpc) is 2.03. The number of rotatable bonds is 2. The molecule has 0 fully saturated rings. The van der Waals surface area contributed by atoms with Crippen LogP contribution in [-0.4, -0.2) is 11.3 Å². The van der Waals surface area contributed by atoms with E-state index in [4.69, 9.17) is 0 Å². The minimum atomic E-state index is 0.957. The lowest BCUT2D eigenvalue weighted by atomic mass is 10.2. The summed E-state index contributed by atoms with van der Waals surface area (Å²) in [5, 5.41) is 0. The number of nitrogens with zero attached hydrogens (tertiary/aromatic N) is 1. The van der Waals surface area contributed by atoms with Crippen LogP contribution >= 0.6 is 0 Å². The first kappa shape index (κ1) is 6.68. The van der Waals surface area contributed by atoms with Crippen molar-refractivity contribution in [3.63, 3.8) is 0 Å². The fourth-order valence-electron chi connectivity index (χ4n) is 0.605. The van der Waals surface area contributed by atoms with Crippen LogP contribution in [0.25, 0.3) is 6.08 Å². The Morgan fingerprint density at radius 2 is 2.10 bits per heavy atom. The molecule has 1 aromatic rings. The van der Waals surface area contributed by atoms with Crippen molar-refractivity contribution in [2.45, 2.75) is 0 Å². The van der Waals surface area contributed by atoms with Crippen LogP contribution in [0.4, 0.5) is 0 Å². The third-order valence-electron chi connectivity index (χ3n) is 1.05. The summed E-state index contributed by atoms with van der Waals surface area (Å²) >= 11 is 0. The van der Waals surface area contributed by atoms with Crippen molar-refractivity contribution >= 4 is 12.4 Å². The molecule has 2 nitrogen and oxygen atoms in total. The number of carbonyl (C=O) groups excluding carboxylic acids is 1. The third-order valence-corrected chi connectivity index (χ3v) is 1.05. The fourth-order valence-corrected chi connectivity index (χ4v) is 0.605. The molecule has 0 bridgehead atoms. The van der Waals surface area contributed by atoms with Crippen LogP contribution in [0.15, 0.2) is 30.6 Å². The maximum Gasteiger partial charge on any atom is 0.225 e. The van der Waals surface area contributed by atoms with E-state index in [0.29, 0.717) is 0 Å². The Bertz CT molecular complexity index is 228. The van der Waals surface area contributed by atoms with Crippen LogP contribution in [0.2, 0.25) is 0 Å². The summed E-state index contributed by atoms with van der Waals surface area (Å²) in [7, 11) is 0. The zero-order chi connectivity index (χ0) is 7.23. The minimum Gasteiger partial charge on any atom is -0.286 e. The zero-order valence-electron chi connectivity index (χ0n) is 5.32. The van der Waals surface area contributed by atoms with Gasteiger partial charge in [0.25, 0.3) is 0 Å². The second-order valence-electron chi connectivity index (χ2n) is 1.73. The van der Waals surface area contributed by atoms with Gasteiger partial charge in [-0.2, -0.15) is 0 Å². The summed E-state index contributed by atoms with van der Waals surface area (Å²) < 4.78 is 0. The van der Waals surface area contributed by atoms with Gasteiger partial charge in [-0.15, -0.1) is 0 Å². The van der Waals surface area contributed by atoms with Gasteiger partial charge in [-0.3, -0.25) is 9.78 Å². The molecule has 1 rings (SSSR count). The first-order valence-electron chi connectivity index (χ1n) is 2.88. The molecule has 0 atom stereocenters. The highest BCUT2D eigenvalue weighted by Gasteiger charge is 1.80. The van der Waals surface area contributed by atoms with Gasteiger partial charge in [0.15, 0.2) is 0 Å².